The van der Waals surface area contributed by atoms with Crippen LogP contribution in [0.1, 0.15) is 31.2 Å². The minimum absolute atomic E-state index is 0.0797. The van der Waals surface area contributed by atoms with Crippen molar-refractivity contribution in [1.29, 1.82) is 5.41 Å². The third-order valence-electron chi connectivity index (χ3n) is 4.61. The fourth-order valence-corrected chi connectivity index (χ4v) is 5.46. The Morgan fingerprint density at radius 2 is 2.16 bits per heavy atom. The van der Waals surface area contributed by atoms with Crippen LogP contribution in [0.3, 0.4) is 0 Å². The van der Waals surface area contributed by atoms with Gasteiger partial charge in [0.05, 0.1) is 22.5 Å². The Balaban J connectivity index is 2.54. The van der Waals surface area contributed by atoms with Crippen LogP contribution in [0.5, 0.6) is 0 Å². The van der Waals surface area contributed by atoms with Gasteiger partial charge < -0.3 is 15.0 Å². The van der Waals surface area contributed by atoms with Crippen LogP contribution in [0.25, 0.3) is 10.4 Å². The molecule has 0 saturated carbocycles. The van der Waals surface area contributed by atoms with Crippen molar-refractivity contribution >= 4 is 46.3 Å². The van der Waals surface area contributed by atoms with Gasteiger partial charge in [-0.05, 0) is 42.7 Å². The molecule has 0 spiro atoms. The summed E-state index contributed by atoms with van der Waals surface area (Å²) in [5.74, 6) is -0.450. The summed E-state index contributed by atoms with van der Waals surface area (Å²) in [6.45, 7) is 5.64. The first-order valence-corrected chi connectivity index (χ1v) is 11.8. The highest BCUT2D eigenvalue weighted by molar-refractivity contribution is 7.79. The molecule has 0 aliphatic carbocycles. The lowest BCUT2D eigenvalue weighted by atomic mass is 10.00. The molecule has 0 saturated heterocycles. The second-order valence-corrected chi connectivity index (χ2v) is 9.88. The Morgan fingerprint density at radius 3 is 2.71 bits per heavy atom. The monoisotopic (exact) mass is 488 g/mol. The third kappa shape index (κ3) is 6.41. The highest BCUT2D eigenvalue weighted by Gasteiger charge is 2.35. The molecule has 0 aliphatic rings. The van der Waals surface area contributed by atoms with Gasteiger partial charge in [0.25, 0.3) is 0 Å². The number of nitrogens with two attached hydrogens (primary N) is 1. The number of benzene rings is 1. The molecule has 170 valence electrons. The molecule has 0 radical (unpaired) electrons. The molecule has 0 fully saturated rings. The molecule has 0 amide bonds. The fourth-order valence-electron chi connectivity index (χ4n) is 3.00. The Hall–Kier alpha value is -1.69. The van der Waals surface area contributed by atoms with Crippen LogP contribution in [0.2, 0.25) is 5.02 Å². The van der Waals surface area contributed by atoms with Gasteiger partial charge in [-0.2, -0.15) is 0 Å². The van der Waals surface area contributed by atoms with Gasteiger partial charge in [0, 0.05) is 22.4 Å². The van der Waals surface area contributed by atoms with E-state index in [9.17, 15) is 13.2 Å². The molecule has 1 aromatic heterocycles. The molecule has 1 heterocycles. The second kappa shape index (κ2) is 10.8. The smallest absolute Gasteiger partial charge is 0.223 e. The Morgan fingerprint density at radius 1 is 1.48 bits per heavy atom. The SMILES string of the molecule is CN=C(OC=N)c1cc(F)cc(-c2cc(Cl)c([C@](C)(CS(=O)O)NC(N)C(C)C)s2)c1. The van der Waals surface area contributed by atoms with Crippen LogP contribution in [0, 0.1) is 17.1 Å². The van der Waals surface area contributed by atoms with Crippen molar-refractivity contribution in [3.63, 3.8) is 0 Å². The predicted octanol–water partition coefficient (Wildman–Crippen LogP) is 4.17. The molecule has 31 heavy (non-hydrogen) atoms. The van der Waals surface area contributed by atoms with Crippen molar-refractivity contribution in [2.75, 3.05) is 12.8 Å². The lowest BCUT2D eigenvalue weighted by Gasteiger charge is -2.34. The molecule has 5 N–H and O–H groups in total. The molecule has 1 aromatic carbocycles. The predicted molar refractivity (Wildman–Crippen MR) is 126 cm³/mol. The highest BCUT2D eigenvalue weighted by Crippen LogP contribution is 2.41. The zero-order chi connectivity index (χ0) is 23.3. The first-order chi connectivity index (χ1) is 14.5. The molecule has 3 atom stereocenters. The van der Waals surface area contributed by atoms with E-state index in [1.807, 2.05) is 13.8 Å². The van der Waals surface area contributed by atoms with Crippen LogP contribution in [-0.2, 0) is 21.4 Å². The topological polar surface area (TPSA) is 121 Å². The lowest BCUT2D eigenvalue weighted by molar-refractivity contribution is 0.299. The van der Waals surface area contributed by atoms with Crippen molar-refractivity contribution in [2.24, 2.45) is 16.6 Å². The molecule has 11 heteroatoms. The first kappa shape index (κ1) is 25.6. The average molecular weight is 489 g/mol. The van der Waals surface area contributed by atoms with Crippen LogP contribution < -0.4 is 11.1 Å². The van der Waals surface area contributed by atoms with E-state index in [4.69, 9.17) is 27.5 Å². The quantitative estimate of drug-likeness (QED) is 0.183. The van der Waals surface area contributed by atoms with E-state index >= 15 is 0 Å². The molecule has 2 rings (SSSR count). The molecule has 2 unspecified atom stereocenters. The largest absolute Gasteiger partial charge is 0.428 e. The van der Waals surface area contributed by atoms with Crippen molar-refractivity contribution in [1.82, 2.24) is 5.32 Å². The number of hydrogen-bond acceptors (Lipinski definition) is 7. The van der Waals surface area contributed by atoms with E-state index in [0.29, 0.717) is 25.9 Å². The summed E-state index contributed by atoms with van der Waals surface area (Å²) in [5.41, 5.74) is 6.10. The van der Waals surface area contributed by atoms with E-state index in [0.717, 1.165) is 6.40 Å². The number of ether oxygens (including phenoxy) is 1. The fraction of sp³-hybridized carbons (Fsp3) is 0.400. The minimum atomic E-state index is -2.11. The standard InChI is InChI=1S/C20H26ClFN4O3S2/c1-11(2)18(24)26-20(3,9-31(27)28)17-15(21)8-16(30-17)12-5-13(7-14(22)6-12)19(25-4)29-10-23/h5-8,10-11,18,23,26H,9,24H2,1-4H3,(H,27,28)/t18?,20-/m0/s1. The molecular weight excluding hydrogens is 463 g/mol. The maximum atomic E-state index is 14.3. The van der Waals surface area contributed by atoms with Gasteiger partial charge in [0.1, 0.15) is 5.82 Å². The van der Waals surface area contributed by atoms with E-state index in [1.54, 1.807) is 19.1 Å². The Labute approximate surface area is 192 Å². The summed E-state index contributed by atoms with van der Waals surface area (Å²) < 4.78 is 40.6. The normalized spacial score (nSPS) is 16.1. The van der Waals surface area contributed by atoms with Crippen molar-refractivity contribution in [3.05, 3.63) is 45.5 Å². The van der Waals surface area contributed by atoms with Crippen LogP contribution in [-0.4, -0.2) is 40.0 Å². The van der Waals surface area contributed by atoms with E-state index in [2.05, 4.69) is 10.3 Å². The number of nitrogens with zero attached hydrogens (tertiary/aromatic N) is 1. The summed E-state index contributed by atoms with van der Waals surface area (Å²) in [6, 6.07) is 5.97. The van der Waals surface area contributed by atoms with Gasteiger partial charge in [-0.3, -0.25) is 15.7 Å². The van der Waals surface area contributed by atoms with E-state index in [-0.39, 0.29) is 17.6 Å². The number of hydrogen-bond donors (Lipinski definition) is 4. The second-order valence-electron chi connectivity index (χ2n) is 7.49. The van der Waals surface area contributed by atoms with Crippen molar-refractivity contribution in [2.45, 2.75) is 32.5 Å². The summed E-state index contributed by atoms with van der Waals surface area (Å²) in [5, 5.41) is 10.7. The summed E-state index contributed by atoms with van der Waals surface area (Å²) in [4.78, 5) is 5.21. The summed E-state index contributed by atoms with van der Waals surface area (Å²) in [6.07, 6.45) is 0.287. The Kier molecular flexibility index (Phi) is 8.87. The highest BCUT2D eigenvalue weighted by atomic mass is 35.5. The lowest BCUT2D eigenvalue weighted by Crippen LogP contribution is -2.54. The number of nitrogens with one attached hydrogen (secondary N) is 2. The zero-order valence-corrected chi connectivity index (χ0v) is 20.0. The van der Waals surface area contributed by atoms with E-state index < -0.39 is 28.6 Å². The molecule has 2 aromatic rings. The van der Waals surface area contributed by atoms with Gasteiger partial charge in [-0.1, -0.05) is 25.4 Å². The first-order valence-electron chi connectivity index (χ1n) is 9.35. The number of halogens is 2. The van der Waals surface area contributed by atoms with Gasteiger partial charge >= 0.3 is 0 Å². The Bertz CT molecular complexity index is 999. The molecule has 7 nitrogen and oxygen atoms in total. The molecular formula is C20H26ClFN4O3S2. The third-order valence-corrected chi connectivity index (χ3v) is 7.29. The van der Waals surface area contributed by atoms with E-state index in [1.165, 1.54) is 30.5 Å². The molecule has 0 aliphatic heterocycles. The van der Waals surface area contributed by atoms with Crippen molar-refractivity contribution in [3.8, 4) is 10.4 Å². The number of aliphatic imine (C=N–C) groups is 1. The maximum Gasteiger partial charge on any atom is 0.223 e. The van der Waals surface area contributed by atoms with Crippen LogP contribution >= 0.6 is 22.9 Å². The maximum absolute atomic E-state index is 14.3. The van der Waals surface area contributed by atoms with Crippen LogP contribution in [0.15, 0.2) is 29.3 Å². The summed E-state index contributed by atoms with van der Waals surface area (Å²) in [7, 11) is 1.48. The summed E-state index contributed by atoms with van der Waals surface area (Å²) >= 11 is 5.69. The number of thiophene rings is 1. The number of rotatable bonds is 9. The molecule has 0 bridgehead atoms. The van der Waals surface area contributed by atoms with Gasteiger partial charge in [0.2, 0.25) is 5.90 Å². The van der Waals surface area contributed by atoms with Gasteiger partial charge in [0.15, 0.2) is 17.5 Å². The average Bonchev–Trinajstić information content (AvgIpc) is 3.07. The zero-order valence-electron chi connectivity index (χ0n) is 17.6. The van der Waals surface area contributed by atoms with Gasteiger partial charge in [-0.15, -0.1) is 11.3 Å². The minimum Gasteiger partial charge on any atom is -0.428 e. The van der Waals surface area contributed by atoms with Crippen LogP contribution in [0.4, 0.5) is 4.39 Å². The van der Waals surface area contributed by atoms with Crippen molar-refractivity contribution < 1.29 is 17.9 Å². The van der Waals surface area contributed by atoms with Gasteiger partial charge in [-0.25, -0.2) is 8.60 Å².